The van der Waals surface area contributed by atoms with E-state index < -0.39 is 5.91 Å². The minimum atomic E-state index is -0.403. The third-order valence-electron chi connectivity index (χ3n) is 3.51. The van der Waals surface area contributed by atoms with Crippen LogP contribution in [0.4, 0.5) is 5.69 Å². The van der Waals surface area contributed by atoms with E-state index in [1.807, 2.05) is 31.2 Å². The lowest BCUT2D eigenvalue weighted by Gasteiger charge is -2.08. The number of carbonyl (C=O) groups excluding carboxylic acids is 1. The SMILES string of the molecule is Cc1nnc2sc(-c3ccc(NC(=S)NC(=O)c4ccco4)cc3)nn12. The van der Waals surface area contributed by atoms with Crippen LogP contribution >= 0.6 is 23.6 Å². The quantitative estimate of drug-likeness (QED) is 0.524. The van der Waals surface area contributed by atoms with Crippen molar-refractivity contribution in [1.82, 2.24) is 25.1 Å². The molecule has 3 aromatic heterocycles. The molecule has 0 spiro atoms. The van der Waals surface area contributed by atoms with Crippen molar-refractivity contribution < 1.29 is 9.21 Å². The van der Waals surface area contributed by atoms with Crippen LogP contribution in [0, 0.1) is 6.92 Å². The molecule has 0 radical (unpaired) electrons. The fourth-order valence-electron chi connectivity index (χ4n) is 2.26. The van der Waals surface area contributed by atoms with Crippen molar-refractivity contribution in [3.63, 3.8) is 0 Å². The van der Waals surface area contributed by atoms with Crippen LogP contribution < -0.4 is 10.6 Å². The molecule has 0 unspecified atom stereocenters. The van der Waals surface area contributed by atoms with Gasteiger partial charge in [-0.25, -0.2) is 0 Å². The van der Waals surface area contributed by atoms with Gasteiger partial charge in [-0.15, -0.1) is 10.2 Å². The number of fused-ring (bicyclic) bond motifs is 1. The smallest absolute Gasteiger partial charge is 0.293 e. The largest absolute Gasteiger partial charge is 0.459 e. The molecule has 8 nitrogen and oxygen atoms in total. The van der Waals surface area contributed by atoms with E-state index in [0.717, 1.165) is 27.0 Å². The molecule has 0 saturated heterocycles. The molecule has 1 amide bonds. The Hall–Kier alpha value is -3.11. The van der Waals surface area contributed by atoms with Gasteiger partial charge in [0.25, 0.3) is 5.91 Å². The summed E-state index contributed by atoms with van der Waals surface area (Å²) in [5.41, 5.74) is 1.70. The van der Waals surface area contributed by atoms with Crippen LogP contribution in [0.2, 0.25) is 0 Å². The van der Waals surface area contributed by atoms with Gasteiger partial charge >= 0.3 is 0 Å². The molecule has 2 N–H and O–H groups in total. The van der Waals surface area contributed by atoms with Gasteiger partial charge in [0.05, 0.1) is 6.26 Å². The summed E-state index contributed by atoms with van der Waals surface area (Å²) in [6, 6.07) is 10.7. The second-order valence-corrected chi connectivity index (χ2v) is 6.68. The molecule has 1 aromatic carbocycles. The van der Waals surface area contributed by atoms with Crippen molar-refractivity contribution in [2.75, 3.05) is 5.32 Å². The van der Waals surface area contributed by atoms with Gasteiger partial charge in [0.2, 0.25) is 4.96 Å². The predicted molar refractivity (Wildman–Crippen MR) is 101 cm³/mol. The van der Waals surface area contributed by atoms with Crippen LogP contribution in [-0.4, -0.2) is 30.8 Å². The molecule has 0 aliphatic carbocycles. The first-order chi connectivity index (χ1) is 12.6. The molecule has 10 heteroatoms. The normalized spacial score (nSPS) is 10.8. The predicted octanol–water partition coefficient (Wildman–Crippen LogP) is 2.88. The second-order valence-electron chi connectivity index (χ2n) is 5.31. The average molecular weight is 384 g/mol. The topological polar surface area (TPSA) is 97.3 Å². The van der Waals surface area contributed by atoms with Gasteiger partial charge in [0.15, 0.2) is 16.7 Å². The maximum atomic E-state index is 11.9. The summed E-state index contributed by atoms with van der Waals surface area (Å²) in [6.07, 6.45) is 1.43. The Kier molecular flexibility index (Phi) is 4.19. The summed E-state index contributed by atoms with van der Waals surface area (Å²) in [4.78, 5) is 12.6. The summed E-state index contributed by atoms with van der Waals surface area (Å²) < 4.78 is 6.73. The van der Waals surface area contributed by atoms with Gasteiger partial charge < -0.3 is 9.73 Å². The highest BCUT2D eigenvalue weighted by molar-refractivity contribution is 7.80. The van der Waals surface area contributed by atoms with Gasteiger partial charge in [-0.3, -0.25) is 10.1 Å². The van der Waals surface area contributed by atoms with Gasteiger partial charge in [0.1, 0.15) is 5.01 Å². The summed E-state index contributed by atoms with van der Waals surface area (Å²) in [7, 11) is 0. The van der Waals surface area contributed by atoms with Crippen LogP contribution in [0.3, 0.4) is 0 Å². The average Bonchev–Trinajstić information content (AvgIpc) is 3.35. The van der Waals surface area contributed by atoms with Crippen LogP contribution in [0.5, 0.6) is 0 Å². The molecular weight excluding hydrogens is 372 g/mol. The van der Waals surface area contributed by atoms with Gasteiger partial charge in [-0.05, 0) is 55.5 Å². The number of nitrogens with one attached hydrogen (secondary N) is 2. The Labute approximate surface area is 156 Å². The highest BCUT2D eigenvalue weighted by Crippen LogP contribution is 2.26. The summed E-state index contributed by atoms with van der Waals surface area (Å²) >= 11 is 6.61. The zero-order valence-corrected chi connectivity index (χ0v) is 15.1. The van der Waals surface area contributed by atoms with Gasteiger partial charge in [0, 0.05) is 11.3 Å². The fraction of sp³-hybridized carbons (Fsp3) is 0.0625. The van der Waals surface area contributed by atoms with Crippen molar-refractivity contribution in [3.05, 3.63) is 54.2 Å². The van der Waals surface area contributed by atoms with Gasteiger partial charge in [-0.1, -0.05) is 11.3 Å². The molecule has 26 heavy (non-hydrogen) atoms. The molecule has 130 valence electrons. The Morgan fingerprint density at radius 2 is 2.04 bits per heavy atom. The molecule has 0 fully saturated rings. The maximum absolute atomic E-state index is 11.9. The number of hydrogen-bond acceptors (Lipinski definition) is 7. The van der Waals surface area contributed by atoms with E-state index in [-0.39, 0.29) is 10.9 Å². The van der Waals surface area contributed by atoms with E-state index in [4.69, 9.17) is 16.6 Å². The molecule has 0 atom stereocenters. The van der Waals surface area contributed by atoms with Gasteiger partial charge in [-0.2, -0.15) is 9.61 Å². The number of aryl methyl sites for hydroxylation is 1. The van der Waals surface area contributed by atoms with E-state index in [1.54, 1.807) is 16.6 Å². The zero-order chi connectivity index (χ0) is 18.1. The number of anilines is 1. The number of carbonyl (C=O) groups is 1. The zero-order valence-electron chi connectivity index (χ0n) is 13.5. The lowest BCUT2D eigenvalue weighted by atomic mass is 10.2. The first-order valence-corrected chi connectivity index (χ1v) is 8.78. The Morgan fingerprint density at radius 1 is 1.23 bits per heavy atom. The number of hydrogen-bond donors (Lipinski definition) is 2. The minimum Gasteiger partial charge on any atom is -0.459 e. The van der Waals surface area contributed by atoms with E-state index in [9.17, 15) is 4.79 Å². The number of thiocarbonyl (C=S) groups is 1. The van der Waals surface area contributed by atoms with E-state index >= 15 is 0 Å². The van der Waals surface area contributed by atoms with Crippen LogP contribution in [0.1, 0.15) is 16.4 Å². The number of amides is 1. The standard InChI is InChI=1S/C16H12N6O2S2/c1-9-19-20-16-22(9)21-14(26-16)10-4-6-11(7-5-10)17-15(25)18-13(23)12-3-2-8-24-12/h2-8H,1H3,(H2,17,18,23,25). The van der Waals surface area contributed by atoms with Crippen LogP contribution in [0.25, 0.3) is 15.5 Å². The van der Waals surface area contributed by atoms with E-state index in [0.29, 0.717) is 0 Å². The molecule has 0 aliphatic rings. The van der Waals surface area contributed by atoms with E-state index in [1.165, 1.54) is 17.6 Å². The molecule has 0 bridgehead atoms. The lowest BCUT2D eigenvalue weighted by molar-refractivity contribution is 0.0950. The monoisotopic (exact) mass is 384 g/mol. The second kappa shape index (κ2) is 6.65. The minimum absolute atomic E-state index is 0.188. The number of benzene rings is 1. The van der Waals surface area contributed by atoms with Crippen molar-refractivity contribution in [2.45, 2.75) is 6.92 Å². The first-order valence-electron chi connectivity index (χ1n) is 7.55. The van der Waals surface area contributed by atoms with Crippen molar-refractivity contribution in [1.29, 1.82) is 0 Å². The third-order valence-corrected chi connectivity index (χ3v) is 4.66. The van der Waals surface area contributed by atoms with E-state index in [2.05, 4.69) is 25.9 Å². The Morgan fingerprint density at radius 3 is 2.73 bits per heavy atom. The van der Waals surface area contributed by atoms with Crippen molar-refractivity contribution >= 4 is 45.2 Å². The molecule has 0 aliphatic heterocycles. The molecule has 0 saturated carbocycles. The molecule has 3 heterocycles. The first kappa shape index (κ1) is 16.4. The fourth-order valence-corrected chi connectivity index (χ4v) is 3.36. The highest BCUT2D eigenvalue weighted by Gasteiger charge is 2.12. The summed E-state index contributed by atoms with van der Waals surface area (Å²) in [6.45, 7) is 1.86. The van der Waals surface area contributed by atoms with Crippen molar-refractivity contribution in [3.8, 4) is 10.6 Å². The summed E-state index contributed by atoms with van der Waals surface area (Å²) in [5, 5.41) is 19.1. The maximum Gasteiger partial charge on any atom is 0.293 e. The van der Waals surface area contributed by atoms with Crippen LogP contribution in [0.15, 0.2) is 47.1 Å². The Bertz CT molecular complexity index is 1080. The summed E-state index contributed by atoms with van der Waals surface area (Å²) in [5.74, 6) is 0.542. The van der Waals surface area contributed by atoms with Crippen molar-refractivity contribution in [2.24, 2.45) is 0 Å². The Balaban J connectivity index is 1.44. The molecule has 4 aromatic rings. The number of furan rings is 1. The van der Waals surface area contributed by atoms with Crippen LogP contribution in [-0.2, 0) is 0 Å². The molecular formula is C16H12N6O2S2. The number of aromatic nitrogens is 4. The lowest BCUT2D eigenvalue weighted by Crippen LogP contribution is -2.33. The number of rotatable bonds is 3. The third kappa shape index (κ3) is 3.19. The molecule has 4 rings (SSSR count). The number of nitrogens with zero attached hydrogens (tertiary/aromatic N) is 4. The highest BCUT2D eigenvalue weighted by atomic mass is 32.1.